The summed E-state index contributed by atoms with van der Waals surface area (Å²) in [4.78, 5) is 12.7. The molecule has 0 spiro atoms. The van der Waals surface area contributed by atoms with Crippen molar-refractivity contribution in [1.29, 1.82) is 5.26 Å². The number of carbonyl (C=O) groups is 1. The third-order valence-corrected chi connectivity index (χ3v) is 4.79. The number of carbonyl (C=O) groups excluding carboxylic acids is 1. The van der Waals surface area contributed by atoms with Gasteiger partial charge < -0.3 is 5.32 Å². The quantitative estimate of drug-likeness (QED) is 0.919. The third kappa shape index (κ3) is 2.80. The third-order valence-electron chi connectivity index (χ3n) is 4.79. The van der Waals surface area contributed by atoms with E-state index in [0.29, 0.717) is 23.2 Å². The van der Waals surface area contributed by atoms with Crippen molar-refractivity contribution in [3.63, 3.8) is 0 Å². The molecule has 0 atom stereocenters. The van der Waals surface area contributed by atoms with Crippen LogP contribution in [0, 0.1) is 24.2 Å². The van der Waals surface area contributed by atoms with Gasteiger partial charge in [-0.1, -0.05) is 12.1 Å². The maximum absolute atomic E-state index is 12.7. The van der Waals surface area contributed by atoms with E-state index in [4.69, 9.17) is 10.4 Å². The first kappa shape index (κ1) is 14.9. The molecule has 1 N–H and O–H groups in total. The van der Waals surface area contributed by atoms with Crippen molar-refractivity contribution in [1.82, 2.24) is 15.1 Å². The van der Waals surface area contributed by atoms with Crippen LogP contribution in [0.5, 0.6) is 0 Å². The van der Waals surface area contributed by atoms with Crippen LogP contribution >= 0.6 is 0 Å². The topological polar surface area (TPSA) is 70.7 Å². The molecule has 2 aliphatic carbocycles. The average Bonchev–Trinajstić information content (AvgIpc) is 3.51. The maximum Gasteiger partial charge on any atom is 0.269 e. The molecule has 2 aliphatic rings. The molecule has 0 saturated heterocycles. The van der Waals surface area contributed by atoms with Crippen molar-refractivity contribution in [3.05, 3.63) is 41.1 Å². The van der Waals surface area contributed by atoms with Gasteiger partial charge in [0.1, 0.15) is 5.69 Å². The number of aromatic nitrogens is 2. The molecular weight excluding hydrogens is 300 g/mol. The fourth-order valence-corrected chi connectivity index (χ4v) is 2.99. The van der Waals surface area contributed by atoms with Gasteiger partial charge in [0.25, 0.3) is 5.91 Å². The minimum absolute atomic E-state index is 0.0151. The smallest absolute Gasteiger partial charge is 0.269 e. The molecule has 24 heavy (non-hydrogen) atoms. The first-order chi connectivity index (χ1) is 11.7. The molecule has 0 bridgehead atoms. The van der Waals surface area contributed by atoms with Crippen molar-refractivity contribution in [2.45, 2.75) is 38.6 Å². The van der Waals surface area contributed by atoms with Crippen LogP contribution in [0.25, 0.3) is 11.3 Å². The molecule has 4 rings (SSSR count). The van der Waals surface area contributed by atoms with Crippen LogP contribution in [-0.4, -0.2) is 22.2 Å². The van der Waals surface area contributed by atoms with E-state index in [-0.39, 0.29) is 5.91 Å². The van der Waals surface area contributed by atoms with Crippen LogP contribution in [0.15, 0.2) is 24.3 Å². The first-order valence-corrected chi connectivity index (χ1v) is 8.55. The van der Waals surface area contributed by atoms with Crippen LogP contribution in [0.2, 0.25) is 0 Å². The lowest BCUT2D eigenvalue weighted by Crippen LogP contribution is -2.28. The predicted octanol–water partition coefficient (Wildman–Crippen LogP) is 3.20. The number of hydrogen-bond donors (Lipinski definition) is 1. The zero-order valence-electron chi connectivity index (χ0n) is 13.7. The molecule has 122 valence electrons. The van der Waals surface area contributed by atoms with E-state index in [9.17, 15) is 4.79 Å². The Morgan fingerprint density at radius 1 is 1.29 bits per heavy atom. The minimum atomic E-state index is -0.0151. The SMILES string of the molecule is Cc1c(-c2ccc(C#N)cc2)nn(C2CC2)c1C(=O)NCC1CC1. The van der Waals surface area contributed by atoms with Gasteiger partial charge in [-0.3, -0.25) is 9.48 Å². The summed E-state index contributed by atoms with van der Waals surface area (Å²) in [7, 11) is 0. The number of nitrogens with one attached hydrogen (secondary N) is 1. The van der Waals surface area contributed by atoms with Gasteiger partial charge >= 0.3 is 0 Å². The van der Waals surface area contributed by atoms with Gasteiger partial charge in [-0.2, -0.15) is 10.4 Å². The highest BCUT2D eigenvalue weighted by Gasteiger charge is 2.32. The van der Waals surface area contributed by atoms with Gasteiger partial charge in [0.05, 0.1) is 23.4 Å². The van der Waals surface area contributed by atoms with Crippen molar-refractivity contribution in [3.8, 4) is 17.3 Å². The van der Waals surface area contributed by atoms with Gasteiger partial charge in [0, 0.05) is 17.7 Å². The Bertz CT molecular complexity index is 820. The van der Waals surface area contributed by atoms with E-state index >= 15 is 0 Å². The summed E-state index contributed by atoms with van der Waals surface area (Å²) >= 11 is 0. The van der Waals surface area contributed by atoms with Crippen LogP contribution in [-0.2, 0) is 0 Å². The second kappa shape index (κ2) is 5.79. The molecule has 2 saturated carbocycles. The summed E-state index contributed by atoms with van der Waals surface area (Å²) < 4.78 is 1.91. The summed E-state index contributed by atoms with van der Waals surface area (Å²) in [5.41, 5.74) is 4.02. The molecule has 1 aromatic heterocycles. The Morgan fingerprint density at radius 2 is 2.00 bits per heavy atom. The lowest BCUT2D eigenvalue weighted by atomic mass is 10.1. The zero-order valence-corrected chi connectivity index (χ0v) is 13.7. The van der Waals surface area contributed by atoms with E-state index in [2.05, 4.69) is 11.4 Å². The number of nitrogens with zero attached hydrogens (tertiary/aromatic N) is 3. The summed E-state index contributed by atoms with van der Waals surface area (Å²) in [5, 5.41) is 16.7. The number of hydrogen-bond acceptors (Lipinski definition) is 3. The molecule has 0 radical (unpaired) electrons. The Morgan fingerprint density at radius 3 is 2.58 bits per heavy atom. The van der Waals surface area contributed by atoms with Crippen LogP contribution < -0.4 is 5.32 Å². The Hall–Kier alpha value is -2.61. The lowest BCUT2D eigenvalue weighted by molar-refractivity contribution is 0.0940. The fraction of sp³-hybridized carbons (Fsp3) is 0.421. The minimum Gasteiger partial charge on any atom is -0.350 e. The van der Waals surface area contributed by atoms with E-state index in [0.717, 1.165) is 36.2 Å². The molecular formula is C19H20N4O. The van der Waals surface area contributed by atoms with Gasteiger partial charge in [-0.05, 0) is 50.7 Å². The van der Waals surface area contributed by atoms with Crippen LogP contribution in [0.4, 0.5) is 0 Å². The fourth-order valence-electron chi connectivity index (χ4n) is 2.99. The molecule has 2 fully saturated rings. The van der Waals surface area contributed by atoms with E-state index in [1.165, 1.54) is 12.8 Å². The summed E-state index contributed by atoms with van der Waals surface area (Å²) in [6.45, 7) is 2.73. The van der Waals surface area contributed by atoms with E-state index < -0.39 is 0 Å². The van der Waals surface area contributed by atoms with Crippen molar-refractivity contribution in [2.75, 3.05) is 6.54 Å². The summed E-state index contributed by atoms with van der Waals surface area (Å²) in [6.07, 6.45) is 4.60. The van der Waals surface area contributed by atoms with Crippen LogP contribution in [0.3, 0.4) is 0 Å². The van der Waals surface area contributed by atoms with E-state index in [1.54, 1.807) is 12.1 Å². The number of amides is 1. The predicted molar refractivity (Wildman–Crippen MR) is 90.4 cm³/mol. The average molecular weight is 320 g/mol. The Balaban J connectivity index is 1.68. The highest BCUT2D eigenvalue weighted by atomic mass is 16.2. The maximum atomic E-state index is 12.7. The monoisotopic (exact) mass is 320 g/mol. The second-order valence-electron chi connectivity index (χ2n) is 6.84. The standard InChI is InChI=1S/C19H20N4O/c1-12-17(15-6-4-13(10-20)5-7-15)22-23(16-8-9-16)18(12)19(24)21-11-14-2-3-14/h4-7,14,16H,2-3,8-9,11H2,1H3,(H,21,24). The van der Waals surface area contributed by atoms with Gasteiger partial charge in [-0.25, -0.2) is 0 Å². The van der Waals surface area contributed by atoms with Crippen molar-refractivity contribution >= 4 is 5.91 Å². The highest BCUT2D eigenvalue weighted by Crippen LogP contribution is 2.38. The first-order valence-electron chi connectivity index (χ1n) is 8.55. The number of nitriles is 1. The Kier molecular flexibility index (Phi) is 3.61. The van der Waals surface area contributed by atoms with Gasteiger partial charge in [0.15, 0.2) is 0 Å². The summed E-state index contributed by atoms with van der Waals surface area (Å²) in [5.74, 6) is 0.642. The van der Waals surface area contributed by atoms with Gasteiger partial charge in [-0.15, -0.1) is 0 Å². The van der Waals surface area contributed by atoms with Crippen molar-refractivity contribution in [2.24, 2.45) is 5.92 Å². The van der Waals surface area contributed by atoms with E-state index in [1.807, 2.05) is 23.7 Å². The van der Waals surface area contributed by atoms with Gasteiger partial charge in [0.2, 0.25) is 0 Å². The highest BCUT2D eigenvalue weighted by molar-refractivity contribution is 5.95. The largest absolute Gasteiger partial charge is 0.350 e. The summed E-state index contributed by atoms with van der Waals surface area (Å²) in [6, 6.07) is 9.85. The normalized spacial score (nSPS) is 16.7. The Labute approximate surface area is 141 Å². The number of benzene rings is 1. The number of rotatable bonds is 5. The molecule has 1 amide bonds. The molecule has 1 aromatic carbocycles. The lowest BCUT2D eigenvalue weighted by Gasteiger charge is -2.07. The zero-order chi connectivity index (χ0) is 16.7. The molecule has 5 heteroatoms. The second-order valence-corrected chi connectivity index (χ2v) is 6.84. The molecule has 0 unspecified atom stereocenters. The molecule has 0 aliphatic heterocycles. The van der Waals surface area contributed by atoms with Crippen molar-refractivity contribution < 1.29 is 4.79 Å². The molecule has 5 nitrogen and oxygen atoms in total. The molecule has 2 aromatic rings. The van der Waals surface area contributed by atoms with Crippen LogP contribution in [0.1, 0.15) is 53.3 Å². The molecule has 1 heterocycles.